The van der Waals surface area contributed by atoms with Crippen molar-refractivity contribution in [1.82, 2.24) is 0 Å². The number of carbonyl (C=O) groups excluding carboxylic acids is 1. The van der Waals surface area contributed by atoms with E-state index in [9.17, 15) is 4.79 Å². The molecule has 0 saturated carbocycles. The first kappa shape index (κ1) is 40.3. The van der Waals surface area contributed by atoms with Crippen molar-refractivity contribution in [1.29, 1.82) is 5.41 Å². The number of ether oxygens (including phenoxy) is 3. The minimum Gasteiger partial charge on any atom is -0.463 e. The van der Waals surface area contributed by atoms with Gasteiger partial charge in [-0.1, -0.05) is 130 Å². The van der Waals surface area contributed by atoms with E-state index in [2.05, 4.69) is 6.92 Å². The van der Waals surface area contributed by atoms with Crippen LogP contribution in [0.2, 0.25) is 0 Å². The summed E-state index contributed by atoms with van der Waals surface area (Å²) in [6, 6.07) is 0. The number of nitrogens with one attached hydrogen (secondary N) is 1. The van der Waals surface area contributed by atoms with Crippen molar-refractivity contribution in [3.8, 4) is 0 Å². The minimum absolute atomic E-state index is 0.0926. The topological polar surface area (TPSA) is 68.6 Å². The van der Waals surface area contributed by atoms with Crippen molar-refractivity contribution in [3.05, 3.63) is 12.2 Å². The van der Waals surface area contributed by atoms with E-state index in [1.54, 1.807) is 0 Å². The van der Waals surface area contributed by atoms with E-state index >= 15 is 0 Å². The lowest BCUT2D eigenvalue weighted by atomic mass is 10.0. The second kappa shape index (κ2) is 37.0. The largest absolute Gasteiger partial charge is 0.463 e. The van der Waals surface area contributed by atoms with Crippen molar-refractivity contribution in [2.24, 2.45) is 0 Å². The van der Waals surface area contributed by atoms with Crippen molar-refractivity contribution < 1.29 is 19.0 Å². The lowest BCUT2D eigenvalue weighted by Crippen LogP contribution is -2.21. The summed E-state index contributed by atoms with van der Waals surface area (Å²) >= 11 is 0. The van der Waals surface area contributed by atoms with Gasteiger partial charge in [0, 0.05) is 6.42 Å². The molecule has 0 amide bonds. The summed E-state index contributed by atoms with van der Waals surface area (Å²) in [6.07, 6.45) is 26.5. The molecule has 0 aromatic carbocycles. The van der Waals surface area contributed by atoms with E-state index in [0.29, 0.717) is 19.6 Å². The normalized spacial score (nSPS) is 16.1. The van der Waals surface area contributed by atoms with Crippen molar-refractivity contribution in [2.75, 3.05) is 13.2 Å². The quantitative estimate of drug-likeness (QED) is 0.0785. The van der Waals surface area contributed by atoms with Gasteiger partial charge in [-0.05, 0) is 39.8 Å². The molecule has 2 unspecified atom stereocenters. The Morgan fingerprint density at radius 1 is 0.811 bits per heavy atom. The van der Waals surface area contributed by atoms with Gasteiger partial charge < -0.3 is 19.6 Å². The SMILES string of the molecule is C/C=C\C.CC.CCC=N.CCCCCCCCCCCCCCCCCC(=O)OCC1COC(C)O1. The van der Waals surface area contributed by atoms with Crippen LogP contribution >= 0.6 is 0 Å². The van der Waals surface area contributed by atoms with Gasteiger partial charge in [0.25, 0.3) is 0 Å². The number of unbranched alkanes of at least 4 members (excludes halogenated alkanes) is 14. The average Bonchev–Trinajstić information content (AvgIpc) is 3.36. The van der Waals surface area contributed by atoms with E-state index in [-0.39, 0.29) is 18.4 Å². The molecule has 5 heteroatoms. The summed E-state index contributed by atoms with van der Waals surface area (Å²) < 4.78 is 16.0. The van der Waals surface area contributed by atoms with E-state index in [0.717, 1.165) is 19.3 Å². The highest BCUT2D eigenvalue weighted by atomic mass is 16.7. The molecule has 2 atom stereocenters. The molecule has 222 valence electrons. The Bertz CT molecular complexity index is 464. The van der Waals surface area contributed by atoms with Crippen LogP contribution in [0.25, 0.3) is 0 Å². The molecule has 5 nitrogen and oxygen atoms in total. The summed E-state index contributed by atoms with van der Waals surface area (Å²) in [7, 11) is 0. The predicted molar refractivity (Wildman–Crippen MR) is 162 cm³/mol. The molecule has 37 heavy (non-hydrogen) atoms. The minimum atomic E-state index is -0.177. The van der Waals surface area contributed by atoms with Gasteiger partial charge >= 0.3 is 5.97 Å². The summed E-state index contributed by atoms with van der Waals surface area (Å²) in [5.74, 6) is -0.104. The first-order chi connectivity index (χ1) is 18.0. The van der Waals surface area contributed by atoms with Gasteiger partial charge in [-0.15, -0.1) is 0 Å². The fraction of sp³-hybridized carbons (Fsp3) is 0.875. The highest BCUT2D eigenvalue weighted by Gasteiger charge is 2.23. The van der Waals surface area contributed by atoms with E-state index < -0.39 is 0 Å². The average molecular weight is 528 g/mol. The molecule has 0 bridgehead atoms. The van der Waals surface area contributed by atoms with Crippen LogP contribution in [0.3, 0.4) is 0 Å². The van der Waals surface area contributed by atoms with Crippen LogP contribution in [0.4, 0.5) is 0 Å². The zero-order valence-electron chi connectivity index (χ0n) is 26.0. The second-order valence-electron chi connectivity index (χ2n) is 9.32. The lowest BCUT2D eigenvalue weighted by molar-refractivity contribution is -0.147. The van der Waals surface area contributed by atoms with Crippen LogP contribution in [0.15, 0.2) is 12.2 Å². The van der Waals surface area contributed by atoms with Crippen molar-refractivity contribution in [2.45, 2.75) is 170 Å². The zero-order chi connectivity index (χ0) is 28.4. The third kappa shape index (κ3) is 37.0. The maximum absolute atomic E-state index is 11.7. The smallest absolute Gasteiger partial charge is 0.305 e. The highest BCUT2D eigenvalue weighted by Crippen LogP contribution is 2.14. The molecule has 0 spiro atoms. The Balaban J connectivity index is -0.000000990. The summed E-state index contributed by atoms with van der Waals surface area (Å²) in [4.78, 5) is 11.7. The van der Waals surface area contributed by atoms with Gasteiger partial charge in [0.1, 0.15) is 12.7 Å². The van der Waals surface area contributed by atoms with Crippen LogP contribution in [0.1, 0.15) is 158 Å². The van der Waals surface area contributed by atoms with Crippen LogP contribution in [-0.2, 0) is 19.0 Å². The summed E-state index contributed by atoms with van der Waals surface area (Å²) in [5.41, 5.74) is 0. The van der Waals surface area contributed by atoms with Crippen LogP contribution < -0.4 is 0 Å². The molecule has 1 aliphatic heterocycles. The Labute approximate surface area is 232 Å². The third-order valence-electron chi connectivity index (χ3n) is 5.85. The number of carbonyl (C=O) groups is 1. The number of esters is 1. The van der Waals surface area contributed by atoms with E-state index in [1.807, 2.05) is 53.7 Å². The fourth-order valence-electron chi connectivity index (χ4n) is 3.58. The second-order valence-corrected chi connectivity index (χ2v) is 9.32. The standard InChI is InChI=1S/C23H44O4.C4H8.C3H7N.C2H6/c1-3-4-5-6-7-8-9-10-11-12-13-14-15-16-17-18-23(24)26-20-22-19-25-21(2)27-22;1-3-4-2;1-2-3-4;1-2/h21-22H,3-20H2,1-2H3;3-4H,1-2H3;3-4H,2H2,1H3;1-2H3/b;4-3-;;. The monoisotopic (exact) mass is 527 g/mol. The van der Waals surface area contributed by atoms with Crippen molar-refractivity contribution in [3.63, 3.8) is 0 Å². The number of hydrogen-bond donors (Lipinski definition) is 1. The van der Waals surface area contributed by atoms with Gasteiger partial charge in [0.05, 0.1) is 6.61 Å². The molecule has 1 rings (SSSR count). The molecular formula is C32H65NO4. The Morgan fingerprint density at radius 3 is 1.54 bits per heavy atom. The lowest BCUT2D eigenvalue weighted by Gasteiger charge is -2.09. The maximum Gasteiger partial charge on any atom is 0.305 e. The molecule has 1 N–H and O–H groups in total. The number of allylic oxidation sites excluding steroid dienone is 2. The molecule has 1 fully saturated rings. The predicted octanol–water partition coefficient (Wildman–Crippen LogP) is 10.2. The molecule has 0 aromatic rings. The molecule has 1 aliphatic rings. The zero-order valence-corrected chi connectivity index (χ0v) is 26.0. The first-order valence-corrected chi connectivity index (χ1v) is 15.5. The Kier molecular flexibility index (Phi) is 40.2. The van der Waals surface area contributed by atoms with Crippen LogP contribution in [-0.4, -0.2) is 37.8 Å². The fourth-order valence-corrected chi connectivity index (χ4v) is 3.58. The number of rotatable bonds is 19. The van der Waals surface area contributed by atoms with Gasteiger partial charge in [0.2, 0.25) is 0 Å². The maximum atomic E-state index is 11.7. The Hall–Kier alpha value is -1.20. The van der Waals surface area contributed by atoms with Gasteiger partial charge in [-0.25, -0.2) is 0 Å². The van der Waals surface area contributed by atoms with Gasteiger partial charge in [-0.3, -0.25) is 4.79 Å². The highest BCUT2D eigenvalue weighted by molar-refractivity contribution is 5.69. The van der Waals surface area contributed by atoms with Crippen LogP contribution in [0, 0.1) is 5.41 Å². The summed E-state index contributed by atoms with van der Waals surface area (Å²) in [5, 5.41) is 6.33. The van der Waals surface area contributed by atoms with E-state index in [4.69, 9.17) is 19.6 Å². The Morgan fingerprint density at radius 2 is 1.22 bits per heavy atom. The molecule has 0 aromatic heterocycles. The molecule has 1 heterocycles. The van der Waals surface area contributed by atoms with Gasteiger partial charge in [-0.2, -0.15) is 0 Å². The molecular weight excluding hydrogens is 462 g/mol. The first-order valence-electron chi connectivity index (χ1n) is 15.5. The van der Waals surface area contributed by atoms with E-state index in [1.165, 1.54) is 89.7 Å². The molecule has 1 saturated heterocycles. The van der Waals surface area contributed by atoms with Crippen molar-refractivity contribution >= 4 is 12.2 Å². The number of hydrogen-bond acceptors (Lipinski definition) is 5. The summed E-state index contributed by atoms with van der Waals surface area (Å²) in [6.45, 7) is 14.9. The third-order valence-corrected chi connectivity index (χ3v) is 5.85. The van der Waals surface area contributed by atoms with Gasteiger partial charge in [0.15, 0.2) is 6.29 Å². The van der Waals surface area contributed by atoms with Crippen LogP contribution in [0.5, 0.6) is 0 Å². The molecule has 0 radical (unpaired) electrons. The molecule has 0 aliphatic carbocycles.